The number of hydrogen-bond acceptors (Lipinski definition) is 5. The average molecular weight is 405 g/mol. The Morgan fingerprint density at radius 1 is 1.13 bits per heavy atom. The molecule has 2 aromatic heterocycles. The Kier molecular flexibility index (Phi) is 5.05. The highest BCUT2D eigenvalue weighted by atomic mass is 19.1. The van der Waals surface area contributed by atoms with E-state index in [0.29, 0.717) is 34.5 Å². The van der Waals surface area contributed by atoms with E-state index in [9.17, 15) is 9.18 Å². The van der Waals surface area contributed by atoms with Gasteiger partial charge in [-0.25, -0.2) is 14.4 Å². The monoisotopic (exact) mass is 405 g/mol. The first-order valence-electron chi connectivity index (χ1n) is 9.33. The lowest BCUT2D eigenvalue weighted by Gasteiger charge is -2.10. The number of anilines is 3. The van der Waals surface area contributed by atoms with Crippen LogP contribution < -0.4 is 15.4 Å². The van der Waals surface area contributed by atoms with Crippen LogP contribution in [0.15, 0.2) is 48.7 Å². The molecule has 2 heterocycles. The number of aromatic amines is 1. The number of rotatable bonds is 5. The fraction of sp³-hybridized carbons (Fsp3) is 0.136. The fourth-order valence-corrected chi connectivity index (χ4v) is 3.06. The number of aryl methyl sites for hydroxylation is 2. The van der Waals surface area contributed by atoms with Crippen LogP contribution in [0.25, 0.3) is 11.0 Å². The van der Waals surface area contributed by atoms with Crippen molar-refractivity contribution in [1.29, 1.82) is 0 Å². The molecule has 0 saturated heterocycles. The molecule has 0 unspecified atom stereocenters. The summed E-state index contributed by atoms with van der Waals surface area (Å²) < 4.78 is 20.1. The first kappa shape index (κ1) is 19.4. The molecule has 30 heavy (non-hydrogen) atoms. The second kappa shape index (κ2) is 7.82. The quantitative estimate of drug-likeness (QED) is 0.424. The Balaban J connectivity index is 1.60. The molecule has 0 radical (unpaired) electrons. The third kappa shape index (κ3) is 4.07. The minimum absolute atomic E-state index is 0.209. The molecule has 0 atom stereocenters. The number of nitrogens with zero attached hydrogens (tertiary/aromatic N) is 2. The topological polar surface area (TPSA) is 91.9 Å². The van der Waals surface area contributed by atoms with Crippen LogP contribution in [0.2, 0.25) is 0 Å². The van der Waals surface area contributed by atoms with Gasteiger partial charge >= 0.3 is 0 Å². The van der Waals surface area contributed by atoms with Gasteiger partial charge in [-0.2, -0.15) is 0 Å². The van der Waals surface area contributed by atoms with E-state index in [1.165, 1.54) is 13.0 Å². The zero-order chi connectivity index (χ0) is 21.3. The van der Waals surface area contributed by atoms with E-state index >= 15 is 0 Å². The molecule has 8 heteroatoms. The number of aromatic nitrogens is 3. The van der Waals surface area contributed by atoms with Gasteiger partial charge in [0.1, 0.15) is 23.1 Å². The number of H-pyrrole nitrogens is 1. The van der Waals surface area contributed by atoms with Crippen molar-refractivity contribution in [3.8, 4) is 11.5 Å². The third-order valence-corrected chi connectivity index (χ3v) is 4.50. The number of carbonyl (C=O) groups is 1. The van der Waals surface area contributed by atoms with Crippen LogP contribution in [0.4, 0.5) is 21.8 Å². The summed E-state index contributed by atoms with van der Waals surface area (Å²) in [4.78, 5) is 23.0. The summed E-state index contributed by atoms with van der Waals surface area (Å²) in [5.41, 5.74) is 3.51. The summed E-state index contributed by atoms with van der Waals surface area (Å²) in [5, 5.41) is 5.60. The Morgan fingerprint density at radius 3 is 2.73 bits per heavy atom. The standard InChI is InChI=1S/C22H20FN5O2/c1-12-4-5-17(16(23)10-12)26-22-27-18-6-7-19(13(2)21(18)28-22)30-15-8-9-24-20(11-15)25-14(3)29/h4-11H,1-3H3,(H,24,25,29)(H2,26,27,28). The Hall–Kier alpha value is -3.94. The summed E-state index contributed by atoms with van der Waals surface area (Å²) >= 11 is 0. The van der Waals surface area contributed by atoms with E-state index in [-0.39, 0.29) is 11.7 Å². The minimum atomic E-state index is -0.344. The Morgan fingerprint density at radius 2 is 1.97 bits per heavy atom. The van der Waals surface area contributed by atoms with Gasteiger partial charge in [0.2, 0.25) is 11.9 Å². The van der Waals surface area contributed by atoms with Crippen LogP contribution in [0, 0.1) is 19.7 Å². The molecular weight excluding hydrogens is 385 g/mol. The van der Waals surface area contributed by atoms with Crippen LogP contribution in [0.1, 0.15) is 18.1 Å². The van der Waals surface area contributed by atoms with Crippen LogP contribution in [0.3, 0.4) is 0 Å². The number of nitrogens with one attached hydrogen (secondary N) is 3. The molecule has 3 N–H and O–H groups in total. The molecule has 0 bridgehead atoms. The number of halogens is 1. The molecule has 152 valence electrons. The molecule has 2 aromatic carbocycles. The van der Waals surface area contributed by atoms with Crippen molar-refractivity contribution in [2.75, 3.05) is 10.6 Å². The molecule has 4 aromatic rings. The maximum Gasteiger partial charge on any atom is 0.222 e. The second-order valence-electron chi connectivity index (χ2n) is 6.94. The fourth-order valence-electron chi connectivity index (χ4n) is 3.06. The maximum absolute atomic E-state index is 14.1. The summed E-state index contributed by atoms with van der Waals surface area (Å²) in [6.45, 7) is 5.14. The lowest BCUT2D eigenvalue weighted by Crippen LogP contribution is -2.07. The smallest absolute Gasteiger partial charge is 0.222 e. The van der Waals surface area contributed by atoms with Crippen LogP contribution in [0.5, 0.6) is 11.5 Å². The van der Waals surface area contributed by atoms with Gasteiger partial charge in [0.05, 0.1) is 16.7 Å². The zero-order valence-corrected chi connectivity index (χ0v) is 16.7. The Bertz CT molecular complexity index is 1250. The molecule has 7 nitrogen and oxygen atoms in total. The number of pyridine rings is 1. The van der Waals surface area contributed by atoms with Gasteiger partial charge < -0.3 is 20.4 Å². The van der Waals surface area contributed by atoms with E-state index in [4.69, 9.17) is 4.74 Å². The van der Waals surface area contributed by atoms with Crippen molar-refractivity contribution in [1.82, 2.24) is 15.0 Å². The van der Waals surface area contributed by atoms with E-state index in [2.05, 4.69) is 25.6 Å². The van der Waals surface area contributed by atoms with E-state index < -0.39 is 0 Å². The van der Waals surface area contributed by atoms with Crippen molar-refractivity contribution >= 4 is 34.4 Å². The molecular formula is C22H20FN5O2. The van der Waals surface area contributed by atoms with Crippen molar-refractivity contribution < 1.29 is 13.9 Å². The first-order valence-corrected chi connectivity index (χ1v) is 9.33. The van der Waals surface area contributed by atoms with Crippen LogP contribution in [-0.4, -0.2) is 20.9 Å². The van der Waals surface area contributed by atoms with Gasteiger partial charge in [-0.1, -0.05) is 6.07 Å². The Labute approximate surface area is 172 Å². The summed E-state index contributed by atoms with van der Waals surface area (Å²) in [5.74, 6) is 1.44. The van der Waals surface area contributed by atoms with Gasteiger partial charge in [0, 0.05) is 24.8 Å². The van der Waals surface area contributed by atoms with Crippen LogP contribution in [-0.2, 0) is 4.79 Å². The lowest BCUT2D eigenvalue weighted by molar-refractivity contribution is -0.114. The van der Waals surface area contributed by atoms with Gasteiger partial charge in [0.15, 0.2) is 0 Å². The minimum Gasteiger partial charge on any atom is -0.457 e. The van der Waals surface area contributed by atoms with E-state index in [1.54, 1.807) is 24.4 Å². The largest absolute Gasteiger partial charge is 0.457 e. The van der Waals surface area contributed by atoms with Gasteiger partial charge in [0.25, 0.3) is 0 Å². The molecule has 0 aliphatic rings. The number of fused-ring (bicyclic) bond motifs is 1. The lowest BCUT2D eigenvalue weighted by atomic mass is 10.2. The molecule has 4 rings (SSSR count). The van der Waals surface area contributed by atoms with Crippen LogP contribution >= 0.6 is 0 Å². The highest BCUT2D eigenvalue weighted by Gasteiger charge is 2.12. The summed E-state index contributed by atoms with van der Waals surface area (Å²) in [6, 6.07) is 12.0. The average Bonchev–Trinajstić information content (AvgIpc) is 3.10. The van der Waals surface area contributed by atoms with Crippen molar-refractivity contribution in [3.05, 3.63) is 65.6 Å². The number of benzene rings is 2. The highest BCUT2D eigenvalue weighted by molar-refractivity contribution is 5.87. The highest BCUT2D eigenvalue weighted by Crippen LogP contribution is 2.31. The number of hydrogen-bond donors (Lipinski definition) is 3. The number of ether oxygens (including phenoxy) is 1. The SMILES string of the molecule is CC(=O)Nc1cc(Oc2ccc3[nH]c(Nc4ccc(C)cc4F)nc3c2C)ccn1. The molecule has 0 saturated carbocycles. The maximum atomic E-state index is 14.1. The number of amides is 1. The molecule has 1 amide bonds. The predicted octanol–water partition coefficient (Wildman–Crippen LogP) is 5.21. The molecule has 0 aliphatic carbocycles. The van der Waals surface area contributed by atoms with E-state index in [0.717, 1.165) is 16.6 Å². The van der Waals surface area contributed by atoms with Gasteiger partial charge in [-0.05, 0) is 49.7 Å². The summed E-state index contributed by atoms with van der Waals surface area (Å²) in [7, 11) is 0. The normalized spacial score (nSPS) is 10.8. The van der Waals surface area contributed by atoms with Gasteiger partial charge in [-0.15, -0.1) is 0 Å². The number of carbonyl (C=O) groups excluding carboxylic acids is 1. The molecule has 0 spiro atoms. The van der Waals surface area contributed by atoms with E-state index in [1.807, 2.05) is 32.0 Å². The third-order valence-electron chi connectivity index (χ3n) is 4.50. The first-order chi connectivity index (χ1) is 14.4. The molecule has 0 fully saturated rings. The van der Waals surface area contributed by atoms with Gasteiger partial charge in [-0.3, -0.25) is 4.79 Å². The summed E-state index contributed by atoms with van der Waals surface area (Å²) in [6.07, 6.45) is 1.56. The van der Waals surface area contributed by atoms with Crippen molar-refractivity contribution in [3.63, 3.8) is 0 Å². The second-order valence-corrected chi connectivity index (χ2v) is 6.94. The van der Waals surface area contributed by atoms with Crippen molar-refractivity contribution in [2.24, 2.45) is 0 Å². The number of imidazole rings is 1. The zero-order valence-electron chi connectivity index (χ0n) is 16.7. The molecule has 0 aliphatic heterocycles. The predicted molar refractivity (Wildman–Crippen MR) is 114 cm³/mol. The van der Waals surface area contributed by atoms with Crippen molar-refractivity contribution in [2.45, 2.75) is 20.8 Å².